The molecule has 0 unspecified atom stereocenters. The van der Waals surface area contributed by atoms with Gasteiger partial charge in [-0.2, -0.15) is 0 Å². The Kier molecular flexibility index (Phi) is 5.22. The van der Waals surface area contributed by atoms with Gasteiger partial charge in [0.25, 0.3) is 0 Å². The number of furan rings is 1. The summed E-state index contributed by atoms with van der Waals surface area (Å²) in [7, 11) is 2.65. The van der Waals surface area contributed by atoms with Crippen LogP contribution in [-0.2, 0) is 20.8 Å². The minimum absolute atomic E-state index is 0.271. The molecule has 17 heavy (non-hydrogen) atoms. The van der Waals surface area contributed by atoms with Gasteiger partial charge in [-0.1, -0.05) is 0 Å². The first kappa shape index (κ1) is 13.2. The second-order valence-corrected chi connectivity index (χ2v) is 3.30. The molecule has 1 aromatic rings. The molecule has 0 spiro atoms. The molecule has 1 heterocycles. The fraction of sp³-hybridized carbons (Fsp3) is 0.455. The summed E-state index contributed by atoms with van der Waals surface area (Å²) in [6.07, 6.45) is 1.63. The molecule has 0 aromatic carbocycles. The van der Waals surface area contributed by atoms with Crippen LogP contribution >= 0.6 is 0 Å². The SMILES string of the molecule is COC(=O)CCNCc1cc(C(=O)OC)co1. The molecule has 0 radical (unpaired) electrons. The van der Waals surface area contributed by atoms with Crippen molar-refractivity contribution in [2.24, 2.45) is 0 Å². The topological polar surface area (TPSA) is 77.8 Å². The summed E-state index contributed by atoms with van der Waals surface area (Å²) in [6, 6.07) is 1.59. The number of methoxy groups -OCH3 is 2. The lowest BCUT2D eigenvalue weighted by Gasteiger charge is -2.00. The average Bonchev–Trinajstić information content (AvgIpc) is 2.82. The van der Waals surface area contributed by atoms with Crippen LogP contribution in [0, 0.1) is 0 Å². The van der Waals surface area contributed by atoms with Gasteiger partial charge >= 0.3 is 11.9 Å². The highest BCUT2D eigenvalue weighted by molar-refractivity contribution is 5.88. The van der Waals surface area contributed by atoms with E-state index in [9.17, 15) is 9.59 Å². The van der Waals surface area contributed by atoms with Crippen molar-refractivity contribution in [2.75, 3.05) is 20.8 Å². The Bertz CT molecular complexity index is 385. The number of nitrogens with one attached hydrogen (secondary N) is 1. The molecule has 0 fully saturated rings. The Hall–Kier alpha value is -1.82. The van der Waals surface area contributed by atoms with Gasteiger partial charge in [0.05, 0.1) is 32.7 Å². The number of carbonyl (C=O) groups excluding carboxylic acids is 2. The molecule has 0 amide bonds. The molecule has 0 saturated carbocycles. The molecule has 0 aliphatic heterocycles. The minimum atomic E-state index is -0.436. The summed E-state index contributed by atoms with van der Waals surface area (Å²) in [5.74, 6) is -0.1000. The van der Waals surface area contributed by atoms with Crippen molar-refractivity contribution in [1.29, 1.82) is 0 Å². The quantitative estimate of drug-likeness (QED) is 0.584. The Labute approximate surface area is 98.9 Å². The predicted octanol–water partition coefficient (Wildman–Crippen LogP) is 0.719. The van der Waals surface area contributed by atoms with Gasteiger partial charge in [-0.3, -0.25) is 4.79 Å². The predicted molar refractivity (Wildman–Crippen MR) is 58.4 cm³/mol. The molecule has 1 rings (SSSR count). The first-order valence-electron chi connectivity index (χ1n) is 5.10. The van der Waals surface area contributed by atoms with Gasteiger partial charge in [0.2, 0.25) is 0 Å². The zero-order chi connectivity index (χ0) is 12.7. The van der Waals surface area contributed by atoms with Gasteiger partial charge in [-0.25, -0.2) is 4.79 Å². The molecule has 94 valence electrons. The Balaban J connectivity index is 2.30. The van der Waals surface area contributed by atoms with E-state index in [0.29, 0.717) is 30.8 Å². The third-order valence-electron chi connectivity index (χ3n) is 2.11. The fourth-order valence-corrected chi connectivity index (χ4v) is 1.20. The van der Waals surface area contributed by atoms with Crippen molar-refractivity contribution in [3.63, 3.8) is 0 Å². The van der Waals surface area contributed by atoms with E-state index in [-0.39, 0.29) is 5.97 Å². The smallest absolute Gasteiger partial charge is 0.341 e. The second kappa shape index (κ2) is 6.70. The van der Waals surface area contributed by atoms with Crippen LogP contribution in [0.15, 0.2) is 16.7 Å². The Morgan fingerprint density at radius 2 is 2.12 bits per heavy atom. The molecule has 0 saturated heterocycles. The van der Waals surface area contributed by atoms with E-state index in [1.54, 1.807) is 6.07 Å². The highest BCUT2D eigenvalue weighted by Crippen LogP contribution is 2.08. The normalized spacial score (nSPS) is 10.0. The lowest BCUT2D eigenvalue weighted by atomic mass is 10.3. The lowest BCUT2D eigenvalue weighted by Crippen LogP contribution is -2.18. The van der Waals surface area contributed by atoms with Crippen LogP contribution in [0.5, 0.6) is 0 Å². The van der Waals surface area contributed by atoms with E-state index < -0.39 is 5.97 Å². The first-order chi connectivity index (χ1) is 8.17. The molecule has 0 atom stereocenters. The number of hydrogen-bond donors (Lipinski definition) is 1. The van der Waals surface area contributed by atoms with Crippen LogP contribution in [0.1, 0.15) is 22.5 Å². The maximum absolute atomic E-state index is 11.1. The zero-order valence-electron chi connectivity index (χ0n) is 9.82. The van der Waals surface area contributed by atoms with E-state index >= 15 is 0 Å². The summed E-state index contributed by atoms with van der Waals surface area (Å²) in [5, 5.41) is 2.99. The fourth-order valence-electron chi connectivity index (χ4n) is 1.20. The summed E-state index contributed by atoms with van der Waals surface area (Å²) in [4.78, 5) is 21.9. The third-order valence-corrected chi connectivity index (χ3v) is 2.11. The summed E-state index contributed by atoms with van der Waals surface area (Å²) in [5.41, 5.74) is 0.372. The van der Waals surface area contributed by atoms with Crippen molar-refractivity contribution in [3.05, 3.63) is 23.7 Å². The maximum atomic E-state index is 11.1. The van der Waals surface area contributed by atoms with Crippen molar-refractivity contribution >= 4 is 11.9 Å². The Morgan fingerprint density at radius 1 is 1.35 bits per heavy atom. The Morgan fingerprint density at radius 3 is 2.76 bits per heavy atom. The van der Waals surface area contributed by atoms with Crippen LogP contribution in [0.25, 0.3) is 0 Å². The molecular weight excluding hydrogens is 226 g/mol. The van der Waals surface area contributed by atoms with Crippen LogP contribution in [-0.4, -0.2) is 32.7 Å². The number of hydrogen-bond acceptors (Lipinski definition) is 6. The van der Waals surface area contributed by atoms with Gasteiger partial charge in [0.15, 0.2) is 0 Å². The van der Waals surface area contributed by atoms with Crippen LogP contribution in [0.2, 0.25) is 0 Å². The number of esters is 2. The number of carbonyl (C=O) groups is 2. The highest BCUT2D eigenvalue weighted by atomic mass is 16.5. The van der Waals surface area contributed by atoms with Gasteiger partial charge in [0, 0.05) is 6.54 Å². The van der Waals surface area contributed by atoms with Crippen molar-refractivity contribution in [3.8, 4) is 0 Å². The molecule has 0 bridgehead atoms. The monoisotopic (exact) mass is 241 g/mol. The molecule has 6 heteroatoms. The average molecular weight is 241 g/mol. The molecule has 0 aliphatic rings. The number of ether oxygens (including phenoxy) is 2. The van der Waals surface area contributed by atoms with E-state index in [0.717, 1.165) is 0 Å². The molecule has 1 aromatic heterocycles. The van der Waals surface area contributed by atoms with Gasteiger partial charge in [-0.15, -0.1) is 0 Å². The van der Waals surface area contributed by atoms with E-state index in [1.807, 2.05) is 0 Å². The van der Waals surface area contributed by atoms with Crippen LogP contribution in [0.3, 0.4) is 0 Å². The second-order valence-electron chi connectivity index (χ2n) is 3.30. The van der Waals surface area contributed by atoms with Crippen LogP contribution in [0.4, 0.5) is 0 Å². The van der Waals surface area contributed by atoms with E-state index in [1.165, 1.54) is 20.5 Å². The molecule has 0 aliphatic carbocycles. The summed E-state index contributed by atoms with van der Waals surface area (Å²) in [6.45, 7) is 0.926. The minimum Gasteiger partial charge on any atom is -0.469 e. The van der Waals surface area contributed by atoms with Crippen molar-refractivity contribution in [1.82, 2.24) is 5.32 Å². The molecular formula is C11H15NO5. The van der Waals surface area contributed by atoms with Gasteiger partial charge < -0.3 is 19.2 Å². The lowest BCUT2D eigenvalue weighted by molar-refractivity contribution is -0.140. The van der Waals surface area contributed by atoms with E-state index in [4.69, 9.17) is 4.42 Å². The van der Waals surface area contributed by atoms with Crippen LogP contribution < -0.4 is 5.32 Å². The standard InChI is InChI=1S/C11H15NO5/c1-15-10(13)3-4-12-6-9-5-8(7-17-9)11(14)16-2/h5,7,12H,3-4,6H2,1-2H3. The third kappa shape index (κ3) is 4.28. The first-order valence-corrected chi connectivity index (χ1v) is 5.10. The van der Waals surface area contributed by atoms with Crippen molar-refractivity contribution in [2.45, 2.75) is 13.0 Å². The largest absolute Gasteiger partial charge is 0.469 e. The molecule has 1 N–H and O–H groups in total. The highest BCUT2D eigenvalue weighted by Gasteiger charge is 2.09. The van der Waals surface area contributed by atoms with Gasteiger partial charge in [0.1, 0.15) is 12.0 Å². The van der Waals surface area contributed by atoms with Gasteiger partial charge in [-0.05, 0) is 6.07 Å². The molecule has 6 nitrogen and oxygen atoms in total. The zero-order valence-corrected chi connectivity index (χ0v) is 9.82. The summed E-state index contributed by atoms with van der Waals surface area (Å²) >= 11 is 0. The number of rotatable bonds is 6. The summed E-state index contributed by atoms with van der Waals surface area (Å²) < 4.78 is 14.2. The maximum Gasteiger partial charge on any atom is 0.341 e. The van der Waals surface area contributed by atoms with Crippen molar-refractivity contribution < 1.29 is 23.5 Å². The van der Waals surface area contributed by atoms with E-state index in [2.05, 4.69) is 14.8 Å².